The molecule has 0 aromatic rings. The van der Waals surface area contributed by atoms with E-state index in [1.165, 1.54) is 25.7 Å². The Kier molecular flexibility index (Phi) is 34.6. The number of ether oxygens (including phenoxy) is 2. The van der Waals surface area contributed by atoms with Crippen molar-refractivity contribution in [2.45, 2.75) is 216 Å². The van der Waals surface area contributed by atoms with E-state index in [1.807, 2.05) is 0 Å². The zero-order chi connectivity index (χ0) is 39.6. The Hall–Kier alpha value is -2.12. The molecule has 0 amide bonds. The summed E-state index contributed by atoms with van der Waals surface area (Å²) in [4.78, 5) is 46.9. The van der Waals surface area contributed by atoms with E-state index in [2.05, 4.69) is 55.4 Å². The lowest BCUT2D eigenvalue weighted by Crippen LogP contribution is -2.36. The van der Waals surface area contributed by atoms with E-state index in [-0.39, 0.29) is 18.4 Å². The molecule has 0 bridgehead atoms. The van der Waals surface area contributed by atoms with Crippen molar-refractivity contribution in [3.8, 4) is 0 Å². The van der Waals surface area contributed by atoms with Crippen molar-refractivity contribution in [2.75, 3.05) is 13.2 Å². The van der Waals surface area contributed by atoms with Crippen LogP contribution in [0.15, 0.2) is 0 Å². The molecular weight excluding hydrogens is 656 g/mol. The van der Waals surface area contributed by atoms with Crippen LogP contribution in [-0.4, -0.2) is 47.3 Å². The molecular formula is C44H84O8. The minimum atomic E-state index is -0.833. The third-order valence-corrected chi connectivity index (χ3v) is 11.0. The van der Waals surface area contributed by atoms with Crippen molar-refractivity contribution in [1.29, 1.82) is 0 Å². The predicted octanol–water partition coefficient (Wildman–Crippen LogP) is 12.6. The van der Waals surface area contributed by atoms with Crippen molar-refractivity contribution >= 4 is 23.9 Å². The highest BCUT2D eigenvalue weighted by Gasteiger charge is 2.41. The highest BCUT2D eigenvalue weighted by Crippen LogP contribution is 2.43. The Balaban J connectivity index is 0. The van der Waals surface area contributed by atoms with Crippen LogP contribution in [0, 0.1) is 29.1 Å². The first-order valence-electron chi connectivity index (χ1n) is 21.7. The molecule has 0 saturated carbocycles. The molecule has 0 aromatic carbocycles. The minimum absolute atomic E-state index is 0.0620. The Labute approximate surface area is 320 Å². The molecule has 308 valence electrons. The maximum absolute atomic E-state index is 12.4. The van der Waals surface area contributed by atoms with Crippen molar-refractivity contribution < 1.29 is 38.9 Å². The highest BCUT2D eigenvalue weighted by atomic mass is 16.5. The van der Waals surface area contributed by atoms with Crippen LogP contribution in [0.25, 0.3) is 0 Å². The molecule has 0 aliphatic rings. The molecule has 0 spiro atoms. The number of esters is 2. The molecule has 4 unspecified atom stereocenters. The van der Waals surface area contributed by atoms with Gasteiger partial charge in [-0.3, -0.25) is 19.2 Å². The number of hydrogen-bond acceptors (Lipinski definition) is 6. The second-order valence-electron chi connectivity index (χ2n) is 15.5. The predicted molar refractivity (Wildman–Crippen MR) is 214 cm³/mol. The Morgan fingerprint density at radius 3 is 1.12 bits per heavy atom. The van der Waals surface area contributed by atoms with Crippen LogP contribution in [0.5, 0.6) is 0 Å². The second kappa shape index (κ2) is 34.6. The topological polar surface area (TPSA) is 127 Å². The number of carboxylic acids is 2. The highest BCUT2D eigenvalue weighted by molar-refractivity contribution is 5.75. The first-order chi connectivity index (χ1) is 24.9. The van der Waals surface area contributed by atoms with Gasteiger partial charge in [-0.1, -0.05) is 145 Å². The summed E-state index contributed by atoms with van der Waals surface area (Å²) in [6, 6.07) is 0. The summed E-state index contributed by atoms with van der Waals surface area (Å²) in [6.45, 7) is 18.4. The molecule has 0 heterocycles. The molecule has 0 rings (SSSR count). The summed E-state index contributed by atoms with van der Waals surface area (Å²) in [5.74, 6) is -0.0358. The van der Waals surface area contributed by atoms with Gasteiger partial charge in [0.1, 0.15) is 0 Å². The Morgan fingerprint density at radius 1 is 0.481 bits per heavy atom. The number of carbonyl (C=O) groups is 4. The Bertz CT molecular complexity index is 835. The molecule has 0 aliphatic heterocycles. The summed E-state index contributed by atoms with van der Waals surface area (Å²) in [5.41, 5.74) is -0.766. The maximum atomic E-state index is 12.4. The van der Waals surface area contributed by atoms with Gasteiger partial charge in [-0.05, 0) is 75.0 Å². The van der Waals surface area contributed by atoms with Gasteiger partial charge in [0.15, 0.2) is 0 Å². The first kappa shape index (κ1) is 52.0. The number of carboxylic acid groups (broad SMARTS) is 2. The zero-order valence-electron chi connectivity index (χ0n) is 35.2. The second-order valence-corrected chi connectivity index (χ2v) is 15.5. The van der Waals surface area contributed by atoms with Gasteiger partial charge in [0, 0.05) is 19.3 Å². The minimum Gasteiger partial charge on any atom is -0.481 e. The number of unbranched alkanes of at least 4 members (excludes halogenated alkanes) is 5. The summed E-state index contributed by atoms with van der Waals surface area (Å²) in [7, 11) is 0. The molecule has 0 saturated heterocycles. The van der Waals surface area contributed by atoms with Crippen LogP contribution >= 0.6 is 0 Å². The van der Waals surface area contributed by atoms with E-state index in [4.69, 9.17) is 14.6 Å². The fourth-order valence-electron chi connectivity index (χ4n) is 7.04. The fraction of sp³-hybridized carbons (Fsp3) is 0.909. The zero-order valence-corrected chi connectivity index (χ0v) is 35.2. The third kappa shape index (κ3) is 27.5. The molecule has 2 N–H and O–H groups in total. The standard InChI is InChI=1S/2C22H42O4/c1-5-9-13-19(7-3)17-25-21(23)15-11-12-16-22(24)26-18-20(8-4)14-10-6-2;1-5-9-12-18(7-3)16-22(21(25)26,15-11-14-20(23)24)17-19(8-4)13-10-6-2/h19-20H,5-18H2,1-4H3;18-19H,5-17H2,1-4H3,(H,23,24)(H,25,26). The quantitative estimate of drug-likeness (QED) is 0.0493. The lowest BCUT2D eigenvalue weighted by Gasteiger charge is -2.36. The van der Waals surface area contributed by atoms with Crippen LogP contribution in [0.2, 0.25) is 0 Å². The third-order valence-electron chi connectivity index (χ3n) is 11.0. The number of carbonyl (C=O) groups excluding carboxylic acids is 2. The molecule has 0 fully saturated rings. The molecule has 8 heteroatoms. The number of hydrogen-bond donors (Lipinski definition) is 2. The van der Waals surface area contributed by atoms with Crippen molar-refractivity contribution in [2.24, 2.45) is 29.1 Å². The SMILES string of the molecule is CCCCC(CC)CC(CCCC(=O)O)(CC(CC)CCCC)C(=O)O.CCCCC(CC)COC(=O)CCCCC(=O)OCC(CC)CCCC. The molecule has 4 atom stereocenters. The van der Waals surface area contributed by atoms with Gasteiger partial charge >= 0.3 is 23.9 Å². The molecule has 52 heavy (non-hydrogen) atoms. The van der Waals surface area contributed by atoms with Crippen molar-refractivity contribution in [1.82, 2.24) is 0 Å². The fourth-order valence-corrected chi connectivity index (χ4v) is 7.04. The van der Waals surface area contributed by atoms with Crippen LogP contribution in [0.4, 0.5) is 0 Å². The number of aliphatic carboxylic acids is 2. The summed E-state index contributed by atoms with van der Waals surface area (Å²) in [6.07, 6.45) is 22.3. The summed E-state index contributed by atoms with van der Waals surface area (Å²) < 4.78 is 10.8. The van der Waals surface area contributed by atoms with E-state index in [0.717, 1.165) is 77.0 Å². The lowest BCUT2D eigenvalue weighted by atomic mass is 9.68. The molecule has 0 aliphatic carbocycles. The van der Waals surface area contributed by atoms with Gasteiger partial charge in [-0.15, -0.1) is 0 Å². The molecule has 8 nitrogen and oxygen atoms in total. The first-order valence-corrected chi connectivity index (χ1v) is 21.7. The molecule has 0 aromatic heterocycles. The van der Waals surface area contributed by atoms with E-state index >= 15 is 0 Å². The van der Waals surface area contributed by atoms with Crippen molar-refractivity contribution in [3.63, 3.8) is 0 Å². The van der Waals surface area contributed by atoms with E-state index in [1.54, 1.807) is 0 Å². The van der Waals surface area contributed by atoms with Gasteiger partial charge in [0.25, 0.3) is 0 Å². The van der Waals surface area contributed by atoms with E-state index in [0.29, 0.717) is 88.3 Å². The van der Waals surface area contributed by atoms with Crippen molar-refractivity contribution in [3.05, 3.63) is 0 Å². The van der Waals surface area contributed by atoms with Gasteiger partial charge in [0.2, 0.25) is 0 Å². The van der Waals surface area contributed by atoms with Crippen LogP contribution in [-0.2, 0) is 28.7 Å². The van der Waals surface area contributed by atoms with Crippen LogP contribution < -0.4 is 0 Å². The summed E-state index contributed by atoms with van der Waals surface area (Å²) in [5, 5.41) is 19.2. The van der Waals surface area contributed by atoms with Crippen LogP contribution in [0.1, 0.15) is 216 Å². The van der Waals surface area contributed by atoms with Gasteiger partial charge in [0.05, 0.1) is 18.6 Å². The molecule has 0 radical (unpaired) electrons. The average molecular weight is 741 g/mol. The lowest BCUT2D eigenvalue weighted by molar-refractivity contribution is -0.153. The smallest absolute Gasteiger partial charge is 0.309 e. The van der Waals surface area contributed by atoms with Gasteiger partial charge in [-0.25, -0.2) is 0 Å². The largest absolute Gasteiger partial charge is 0.481 e. The van der Waals surface area contributed by atoms with E-state index in [9.17, 15) is 24.3 Å². The summed E-state index contributed by atoms with van der Waals surface area (Å²) >= 11 is 0. The number of rotatable bonds is 34. The normalized spacial score (nSPS) is 14.6. The van der Waals surface area contributed by atoms with Crippen LogP contribution in [0.3, 0.4) is 0 Å². The Morgan fingerprint density at radius 2 is 0.827 bits per heavy atom. The maximum Gasteiger partial charge on any atom is 0.309 e. The van der Waals surface area contributed by atoms with Gasteiger partial charge in [-0.2, -0.15) is 0 Å². The van der Waals surface area contributed by atoms with E-state index < -0.39 is 17.4 Å². The van der Waals surface area contributed by atoms with Gasteiger partial charge < -0.3 is 19.7 Å². The average Bonchev–Trinajstić information content (AvgIpc) is 3.13. The monoisotopic (exact) mass is 741 g/mol.